The number of benzene rings is 1. The molecule has 1 N–H and O–H groups in total. The van der Waals surface area contributed by atoms with Crippen LogP contribution in [-0.4, -0.2) is 29.8 Å². The zero-order valence-electron chi connectivity index (χ0n) is 15.1. The maximum Gasteiger partial charge on any atom is 0.286 e. The van der Waals surface area contributed by atoms with E-state index in [0.29, 0.717) is 31.5 Å². The average molecular weight is 353 g/mol. The Balaban J connectivity index is 1.83. The van der Waals surface area contributed by atoms with Gasteiger partial charge >= 0.3 is 0 Å². The molecule has 6 heteroatoms. The first kappa shape index (κ1) is 19.3. The summed E-state index contributed by atoms with van der Waals surface area (Å²) in [7, 11) is 0. The largest absolute Gasteiger partial charge is 0.459 e. The van der Waals surface area contributed by atoms with Crippen LogP contribution < -0.4 is 5.32 Å². The molecule has 1 atom stereocenters. The Morgan fingerprint density at radius 2 is 2.00 bits per heavy atom. The van der Waals surface area contributed by atoms with Crippen molar-refractivity contribution < 1.29 is 14.0 Å². The molecule has 2 rings (SSSR count). The van der Waals surface area contributed by atoms with E-state index in [2.05, 4.69) is 11.4 Å². The zero-order valence-corrected chi connectivity index (χ0v) is 15.1. The van der Waals surface area contributed by atoms with Gasteiger partial charge in [-0.3, -0.25) is 9.59 Å². The standard InChI is InChI=1S/C20H23N3O3/c1-3-23(15(2)17-10-8-16(14-21)9-11-17)19(24)7-4-12-22-20(25)18-6-5-13-26-18/h5-6,8-11,13,15H,3-4,7,12H2,1-2H3,(H,22,25). The fraction of sp³-hybridized carbons (Fsp3) is 0.350. The molecule has 0 fully saturated rings. The van der Waals surface area contributed by atoms with Crippen LogP contribution in [0.15, 0.2) is 47.1 Å². The van der Waals surface area contributed by atoms with E-state index in [9.17, 15) is 9.59 Å². The van der Waals surface area contributed by atoms with Crippen molar-refractivity contribution in [3.63, 3.8) is 0 Å². The van der Waals surface area contributed by atoms with Gasteiger partial charge in [-0.1, -0.05) is 12.1 Å². The molecule has 0 aliphatic rings. The summed E-state index contributed by atoms with van der Waals surface area (Å²) in [5.41, 5.74) is 1.59. The van der Waals surface area contributed by atoms with Gasteiger partial charge in [0.2, 0.25) is 5.91 Å². The van der Waals surface area contributed by atoms with E-state index in [1.165, 1.54) is 6.26 Å². The van der Waals surface area contributed by atoms with Gasteiger partial charge in [-0.05, 0) is 50.1 Å². The lowest BCUT2D eigenvalue weighted by atomic mass is 10.0. The summed E-state index contributed by atoms with van der Waals surface area (Å²) in [5, 5.41) is 11.6. The number of furan rings is 1. The predicted molar refractivity (Wildman–Crippen MR) is 97.2 cm³/mol. The van der Waals surface area contributed by atoms with Crippen molar-refractivity contribution in [2.45, 2.75) is 32.7 Å². The number of hydrogen-bond acceptors (Lipinski definition) is 4. The van der Waals surface area contributed by atoms with Gasteiger partial charge in [0.15, 0.2) is 5.76 Å². The van der Waals surface area contributed by atoms with Crippen LogP contribution in [0, 0.1) is 11.3 Å². The van der Waals surface area contributed by atoms with E-state index in [0.717, 1.165) is 5.56 Å². The number of nitrogens with one attached hydrogen (secondary N) is 1. The van der Waals surface area contributed by atoms with Crippen LogP contribution in [-0.2, 0) is 4.79 Å². The van der Waals surface area contributed by atoms with Gasteiger partial charge in [0.25, 0.3) is 5.91 Å². The van der Waals surface area contributed by atoms with Gasteiger partial charge in [0, 0.05) is 19.5 Å². The SMILES string of the molecule is CCN(C(=O)CCCNC(=O)c1ccco1)C(C)c1ccc(C#N)cc1. The highest BCUT2D eigenvalue weighted by atomic mass is 16.3. The third-order valence-electron chi connectivity index (χ3n) is 4.25. The van der Waals surface area contributed by atoms with Crippen molar-refractivity contribution in [1.29, 1.82) is 5.26 Å². The topological polar surface area (TPSA) is 86.3 Å². The minimum atomic E-state index is -0.277. The molecule has 6 nitrogen and oxygen atoms in total. The highest BCUT2D eigenvalue weighted by Gasteiger charge is 2.19. The molecule has 0 spiro atoms. The number of carbonyl (C=O) groups is 2. The maximum absolute atomic E-state index is 12.5. The summed E-state index contributed by atoms with van der Waals surface area (Å²) < 4.78 is 5.02. The number of hydrogen-bond donors (Lipinski definition) is 1. The number of carbonyl (C=O) groups excluding carboxylic acids is 2. The Morgan fingerprint density at radius 3 is 2.58 bits per heavy atom. The molecule has 1 unspecified atom stereocenters. The lowest BCUT2D eigenvalue weighted by Crippen LogP contribution is -2.34. The molecule has 0 aliphatic heterocycles. The Morgan fingerprint density at radius 1 is 1.27 bits per heavy atom. The number of nitriles is 1. The lowest BCUT2D eigenvalue weighted by Gasteiger charge is -2.28. The summed E-state index contributed by atoms with van der Waals surface area (Å²) in [5.74, 6) is 0.0262. The molecule has 0 saturated carbocycles. The number of amides is 2. The molecule has 0 saturated heterocycles. The zero-order chi connectivity index (χ0) is 18.9. The van der Waals surface area contributed by atoms with Crippen LogP contribution in [0.2, 0.25) is 0 Å². The van der Waals surface area contributed by atoms with E-state index in [-0.39, 0.29) is 23.6 Å². The average Bonchev–Trinajstić information content (AvgIpc) is 3.20. The summed E-state index contributed by atoms with van der Waals surface area (Å²) in [6.07, 6.45) is 2.36. The Labute approximate surface area is 153 Å². The van der Waals surface area contributed by atoms with Gasteiger partial charge in [-0.25, -0.2) is 0 Å². The normalized spacial score (nSPS) is 11.4. The highest BCUT2D eigenvalue weighted by Crippen LogP contribution is 2.21. The van der Waals surface area contributed by atoms with Crippen LogP contribution >= 0.6 is 0 Å². The second-order valence-electron chi connectivity index (χ2n) is 5.93. The number of nitrogens with zero attached hydrogens (tertiary/aromatic N) is 2. The molecule has 2 aromatic rings. The first-order valence-corrected chi connectivity index (χ1v) is 8.68. The maximum atomic E-state index is 12.5. The fourth-order valence-corrected chi connectivity index (χ4v) is 2.76. The van der Waals surface area contributed by atoms with Gasteiger partial charge in [-0.15, -0.1) is 0 Å². The van der Waals surface area contributed by atoms with Gasteiger partial charge in [-0.2, -0.15) is 5.26 Å². The smallest absolute Gasteiger partial charge is 0.286 e. The van der Waals surface area contributed by atoms with Crippen molar-refractivity contribution in [2.75, 3.05) is 13.1 Å². The first-order chi connectivity index (χ1) is 12.6. The van der Waals surface area contributed by atoms with Crippen molar-refractivity contribution >= 4 is 11.8 Å². The third-order valence-corrected chi connectivity index (χ3v) is 4.25. The van der Waals surface area contributed by atoms with Crippen molar-refractivity contribution in [3.05, 3.63) is 59.5 Å². The molecule has 0 bridgehead atoms. The third kappa shape index (κ3) is 4.96. The van der Waals surface area contributed by atoms with Gasteiger partial charge < -0.3 is 14.6 Å². The second kappa shape index (κ2) is 9.42. The van der Waals surface area contributed by atoms with Gasteiger partial charge in [0.1, 0.15) is 0 Å². The molecular formula is C20H23N3O3. The van der Waals surface area contributed by atoms with E-state index < -0.39 is 0 Å². The van der Waals surface area contributed by atoms with Crippen LogP contribution in [0.25, 0.3) is 0 Å². The molecule has 26 heavy (non-hydrogen) atoms. The molecule has 1 aromatic carbocycles. The molecule has 0 aliphatic carbocycles. The van der Waals surface area contributed by atoms with Crippen molar-refractivity contribution in [3.8, 4) is 6.07 Å². The van der Waals surface area contributed by atoms with Crippen LogP contribution in [0.4, 0.5) is 0 Å². The van der Waals surface area contributed by atoms with E-state index >= 15 is 0 Å². The monoisotopic (exact) mass is 353 g/mol. The molecule has 136 valence electrons. The summed E-state index contributed by atoms with van der Waals surface area (Å²) in [6.45, 7) is 4.92. The van der Waals surface area contributed by atoms with E-state index in [1.54, 1.807) is 29.2 Å². The van der Waals surface area contributed by atoms with E-state index in [4.69, 9.17) is 9.68 Å². The molecule has 2 amide bonds. The van der Waals surface area contributed by atoms with Crippen molar-refractivity contribution in [1.82, 2.24) is 10.2 Å². The Hall–Kier alpha value is -3.07. The molecule has 0 radical (unpaired) electrons. The fourth-order valence-electron chi connectivity index (χ4n) is 2.76. The lowest BCUT2D eigenvalue weighted by molar-refractivity contribution is -0.133. The van der Waals surface area contributed by atoms with Crippen LogP contribution in [0.5, 0.6) is 0 Å². The quantitative estimate of drug-likeness (QED) is 0.738. The van der Waals surface area contributed by atoms with Gasteiger partial charge in [0.05, 0.1) is 23.9 Å². The van der Waals surface area contributed by atoms with Crippen LogP contribution in [0.1, 0.15) is 54.4 Å². The first-order valence-electron chi connectivity index (χ1n) is 8.68. The molecule has 1 heterocycles. The predicted octanol–water partition coefficient (Wildman–Crippen LogP) is 3.27. The summed E-state index contributed by atoms with van der Waals surface area (Å²) in [4.78, 5) is 26.1. The minimum Gasteiger partial charge on any atom is -0.459 e. The Kier molecular flexibility index (Phi) is 6.98. The highest BCUT2D eigenvalue weighted by molar-refractivity contribution is 5.91. The molecule has 1 aromatic heterocycles. The number of rotatable bonds is 8. The Bertz CT molecular complexity index is 761. The van der Waals surface area contributed by atoms with Crippen molar-refractivity contribution in [2.24, 2.45) is 0 Å². The summed E-state index contributed by atoms with van der Waals surface area (Å²) >= 11 is 0. The minimum absolute atomic E-state index is 0.0385. The second-order valence-corrected chi connectivity index (χ2v) is 5.93. The van der Waals surface area contributed by atoms with Crippen LogP contribution in [0.3, 0.4) is 0 Å². The molecular weight excluding hydrogens is 330 g/mol. The summed E-state index contributed by atoms with van der Waals surface area (Å²) in [6, 6.07) is 12.5. The van der Waals surface area contributed by atoms with E-state index in [1.807, 2.05) is 26.0 Å².